The molecule has 8 heteroatoms. The molecular formula is C7H4N4O4. The Morgan fingerprint density at radius 1 is 1.13 bits per heavy atom. The highest BCUT2D eigenvalue weighted by Gasteiger charge is 2.25. The Kier molecular flexibility index (Phi) is 1.82. The average Bonchev–Trinajstić information content (AvgIpc) is 2.61. The summed E-state index contributed by atoms with van der Waals surface area (Å²) in [6.45, 7) is 0. The van der Waals surface area contributed by atoms with E-state index in [0.29, 0.717) is 10.9 Å². The number of fused-ring (bicyclic) bond motifs is 1. The van der Waals surface area contributed by atoms with Crippen LogP contribution in [0.4, 0.5) is 11.4 Å². The molecule has 2 rings (SSSR count). The van der Waals surface area contributed by atoms with Crippen LogP contribution in [-0.2, 0) is 0 Å². The quantitative estimate of drug-likeness (QED) is 0.591. The van der Waals surface area contributed by atoms with Gasteiger partial charge in [0.15, 0.2) is 0 Å². The molecule has 1 aromatic carbocycles. The second-order valence-corrected chi connectivity index (χ2v) is 2.81. The van der Waals surface area contributed by atoms with Gasteiger partial charge >= 0.3 is 11.4 Å². The van der Waals surface area contributed by atoms with Crippen molar-refractivity contribution in [3.8, 4) is 0 Å². The number of benzene rings is 1. The Bertz CT molecular complexity index is 513. The molecule has 1 N–H and O–H groups in total. The van der Waals surface area contributed by atoms with Crippen molar-refractivity contribution in [2.24, 2.45) is 0 Å². The average molecular weight is 208 g/mol. The lowest BCUT2D eigenvalue weighted by Gasteiger charge is -1.94. The summed E-state index contributed by atoms with van der Waals surface area (Å²) in [6, 6.07) is 2.22. The summed E-state index contributed by atoms with van der Waals surface area (Å²) >= 11 is 0. The van der Waals surface area contributed by atoms with Crippen molar-refractivity contribution in [1.82, 2.24) is 10.2 Å². The van der Waals surface area contributed by atoms with Crippen molar-refractivity contribution >= 4 is 22.3 Å². The Hall–Kier alpha value is -2.51. The lowest BCUT2D eigenvalue weighted by Crippen LogP contribution is -1.96. The van der Waals surface area contributed by atoms with Gasteiger partial charge in [0.1, 0.15) is 0 Å². The van der Waals surface area contributed by atoms with Gasteiger partial charge in [-0.05, 0) is 0 Å². The van der Waals surface area contributed by atoms with Crippen molar-refractivity contribution in [1.29, 1.82) is 0 Å². The van der Waals surface area contributed by atoms with Crippen LogP contribution in [0.3, 0.4) is 0 Å². The van der Waals surface area contributed by atoms with Gasteiger partial charge in [0.05, 0.1) is 21.6 Å². The lowest BCUT2D eigenvalue weighted by molar-refractivity contribution is -0.422. The minimum atomic E-state index is -0.793. The van der Waals surface area contributed by atoms with Gasteiger partial charge in [0.25, 0.3) is 0 Å². The normalized spacial score (nSPS) is 10.4. The zero-order valence-electron chi connectivity index (χ0n) is 7.21. The number of hydrogen-bond donors (Lipinski definition) is 1. The first-order valence-electron chi connectivity index (χ1n) is 3.85. The number of hydrogen-bond acceptors (Lipinski definition) is 5. The number of nitrogens with one attached hydrogen (secondary N) is 1. The van der Waals surface area contributed by atoms with E-state index in [1.54, 1.807) is 0 Å². The van der Waals surface area contributed by atoms with Crippen LogP contribution in [-0.4, -0.2) is 20.0 Å². The molecule has 2 aromatic rings. The Balaban J connectivity index is 2.79. The first-order chi connectivity index (χ1) is 7.09. The summed E-state index contributed by atoms with van der Waals surface area (Å²) in [7, 11) is 0. The molecule has 0 unspecified atom stereocenters. The van der Waals surface area contributed by atoms with E-state index in [4.69, 9.17) is 0 Å². The van der Waals surface area contributed by atoms with Crippen LogP contribution in [0.25, 0.3) is 10.9 Å². The van der Waals surface area contributed by atoms with Gasteiger partial charge in [-0.25, -0.2) is 0 Å². The predicted molar refractivity (Wildman–Crippen MR) is 49.4 cm³/mol. The molecule has 1 aromatic heterocycles. The molecule has 0 spiro atoms. The number of nitro groups is 2. The Morgan fingerprint density at radius 2 is 1.73 bits per heavy atom. The van der Waals surface area contributed by atoms with Crippen LogP contribution in [0.15, 0.2) is 18.3 Å². The molecule has 8 nitrogen and oxygen atoms in total. The molecule has 0 saturated heterocycles. The predicted octanol–water partition coefficient (Wildman–Crippen LogP) is 1.38. The van der Waals surface area contributed by atoms with Gasteiger partial charge in [0.2, 0.25) is 0 Å². The maximum atomic E-state index is 10.6. The zero-order valence-corrected chi connectivity index (χ0v) is 7.21. The molecule has 1 heterocycles. The molecule has 0 atom stereocenters. The second-order valence-electron chi connectivity index (χ2n) is 2.81. The summed E-state index contributed by atoms with van der Waals surface area (Å²) in [6.07, 6.45) is 1.37. The van der Waals surface area contributed by atoms with E-state index in [1.807, 2.05) is 0 Å². The third-order valence-corrected chi connectivity index (χ3v) is 1.93. The first kappa shape index (κ1) is 9.06. The van der Waals surface area contributed by atoms with Gasteiger partial charge in [-0.3, -0.25) is 25.3 Å². The molecule has 0 radical (unpaired) electrons. The van der Waals surface area contributed by atoms with Gasteiger partial charge in [-0.15, -0.1) is 0 Å². The highest BCUT2D eigenvalue weighted by Crippen LogP contribution is 2.30. The SMILES string of the molecule is O=[N+]([O-])c1cc2cn[nH]c2cc1[N+](=O)[O-]. The summed E-state index contributed by atoms with van der Waals surface area (Å²) in [5.74, 6) is 0. The fraction of sp³-hybridized carbons (Fsp3) is 0. The van der Waals surface area contributed by atoms with Gasteiger partial charge in [-0.1, -0.05) is 0 Å². The highest BCUT2D eigenvalue weighted by molar-refractivity contribution is 5.84. The van der Waals surface area contributed by atoms with E-state index >= 15 is 0 Å². The number of rotatable bonds is 2. The summed E-state index contributed by atoms with van der Waals surface area (Å²) in [4.78, 5) is 19.5. The molecule has 0 saturated carbocycles. The van der Waals surface area contributed by atoms with Crippen LogP contribution in [0.5, 0.6) is 0 Å². The highest BCUT2D eigenvalue weighted by atomic mass is 16.6. The standard InChI is InChI=1S/C7H4N4O4/c12-10(13)6-1-4-3-8-9-5(4)2-7(6)11(14)15/h1-3H,(H,8,9). The number of aromatic amines is 1. The van der Waals surface area contributed by atoms with E-state index in [9.17, 15) is 20.2 Å². The van der Waals surface area contributed by atoms with Crippen LogP contribution < -0.4 is 0 Å². The monoisotopic (exact) mass is 208 g/mol. The number of aromatic nitrogens is 2. The minimum Gasteiger partial charge on any atom is -0.278 e. The molecule has 76 valence electrons. The van der Waals surface area contributed by atoms with Crippen molar-refractivity contribution in [2.75, 3.05) is 0 Å². The van der Waals surface area contributed by atoms with Gasteiger partial charge in [0, 0.05) is 17.5 Å². The van der Waals surface area contributed by atoms with Crippen LogP contribution in [0.1, 0.15) is 0 Å². The zero-order chi connectivity index (χ0) is 11.0. The fourth-order valence-electron chi connectivity index (χ4n) is 1.26. The summed E-state index contributed by atoms with van der Waals surface area (Å²) < 4.78 is 0. The molecule has 0 aliphatic carbocycles. The Morgan fingerprint density at radius 3 is 2.33 bits per heavy atom. The first-order valence-corrected chi connectivity index (χ1v) is 3.85. The van der Waals surface area contributed by atoms with Crippen molar-refractivity contribution in [2.45, 2.75) is 0 Å². The van der Waals surface area contributed by atoms with Crippen LogP contribution in [0, 0.1) is 20.2 Å². The van der Waals surface area contributed by atoms with Crippen LogP contribution >= 0.6 is 0 Å². The third-order valence-electron chi connectivity index (χ3n) is 1.93. The molecule has 0 fully saturated rings. The number of nitro benzene ring substituents is 2. The smallest absolute Gasteiger partial charge is 0.278 e. The van der Waals surface area contributed by atoms with E-state index in [0.717, 1.165) is 12.1 Å². The molecule has 0 amide bonds. The fourth-order valence-corrected chi connectivity index (χ4v) is 1.26. The minimum absolute atomic E-state index is 0.396. The Labute approximate surface area is 81.8 Å². The number of H-pyrrole nitrogens is 1. The number of nitrogens with zero attached hydrogens (tertiary/aromatic N) is 3. The van der Waals surface area contributed by atoms with E-state index in [1.165, 1.54) is 6.20 Å². The summed E-state index contributed by atoms with van der Waals surface area (Å²) in [5, 5.41) is 27.7. The van der Waals surface area contributed by atoms with E-state index in [2.05, 4.69) is 10.2 Å². The third kappa shape index (κ3) is 1.37. The molecule has 0 aliphatic heterocycles. The summed E-state index contributed by atoms with van der Waals surface area (Å²) in [5.41, 5.74) is -0.682. The maximum absolute atomic E-state index is 10.6. The van der Waals surface area contributed by atoms with Crippen molar-refractivity contribution in [3.05, 3.63) is 38.6 Å². The van der Waals surface area contributed by atoms with Crippen LogP contribution in [0.2, 0.25) is 0 Å². The molecule has 0 aliphatic rings. The largest absolute Gasteiger partial charge is 0.348 e. The van der Waals surface area contributed by atoms with Crippen molar-refractivity contribution in [3.63, 3.8) is 0 Å². The molecular weight excluding hydrogens is 204 g/mol. The van der Waals surface area contributed by atoms with Crippen molar-refractivity contribution < 1.29 is 9.85 Å². The topological polar surface area (TPSA) is 115 Å². The molecule has 15 heavy (non-hydrogen) atoms. The van der Waals surface area contributed by atoms with E-state index < -0.39 is 21.2 Å². The second kappa shape index (κ2) is 3.01. The lowest BCUT2D eigenvalue weighted by atomic mass is 10.2. The van der Waals surface area contributed by atoms with Gasteiger partial charge in [-0.2, -0.15) is 5.10 Å². The van der Waals surface area contributed by atoms with E-state index in [-0.39, 0.29) is 0 Å². The molecule has 0 bridgehead atoms. The maximum Gasteiger partial charge on any atom is 0.348 e. The van der Waals surface area contributed by atoms with Gasteiger partial charge < -0.3 is 0 Å².